The number of nitrogens with one attached hydrogen (secondary N) is 1. The van der Waals surface area contributed by atoms with Gasteiger partial charge in [-0.15, -0.1) is 0 Å². The number of sulfone groups is 1. The molecule has 0 heterocycles. The van der Waals surface area contributed by atoms with Crippen LogP contribution in [0.2, 0.25) is 0 Å². The van der Waals surface area contributed by atoms with E-state index in [1.54, 1.807) is 6.92 Å². The number of hydrogen-bond acceptors (Lipinski definition) is 5. The lowest BCUT2D eigenvalue weighted by atomic mass is 10.0. The van der Waals surface area contributed by atoms with Gasteiger partial charge in [0.05, 0.1) is 5.75 Å². The van der Waals surface area contributed by atoms with E-state index in [-0.39, 0.29) is 31.1 Å². The molecule has 9 heteroatoms. The van der Waals surface area contributed by atoms with E-state index in [2.05, 4.69) is 5.32 Å². The predicted octanol–water partition coefficient (Wildman–Crippen LogP) is -0.300. The van der Waals surface area contributed by atoms with Crippen LogP contribution in [0.3, 0.4) is 0 Å². The van der Waals surface area contributed by atoms with E-state index in [4.69, 9.17) is 5.11 Å². The van der Waals surface area contributed by atoms with Crippen molar-refractivity contribution in [3.05, 3.63) is 0 Å². The van der Waals surface area contributed by atoms with Crippen molar-refractivity contribution >= 4 is 27.7 Å². The van der Waals surface area contributed by atoms with Crippen LogP contribution in [0, 0.1) is 5.92 Å². The van der Waals surface area contributed by atoms with Crippen molar-refractivity contribution in [2.24, 2.45) is 5.92 Å². The molecule has 0 rings (SSSR count). The lowest BCUT2D eigenvalue weighted by Crippen LogP contribution is -2.42. The number of carbonyl (C=O) groups excluding carboxylic acids is 2. The van der Waals surface area contributed by atoms with E-state index in [9.17, 15) is 22.8 Å². The van der Waals surface area contributed by atoms with Gasteiger partial charge in [-0.2, -0.15) is 0 Å². The molecule has 0 aromatic heterocycles. The highest BCUT2D eigenvalue weighted by Crippen LogP contribution is 2.06. The molecule has 0 aliphatic heterocycles. The SMILES string of the molecule is CC(CC(=O)O)CC(=O)NC(=O)N(C)CCS(C)(=O)=O. The number of hydrogen-bond donors (Lipinski definition) is 2. The first-order chi connectivity index (χ1) is 9.01. The lowest BCUT2D eigenvalue weighted by Gasteiger charge is -2.17. The third-order valence-electron chi connectivity index (χ3n) is 2.45. The summed E-state index contributed by atoms with van der Waals surface area (Å²) < 4.78 is 21.9. The van der Waals surface area contributed by atoms with Crippen molar-refractivity contribution < 1.29 is 27.9 Å². The van der Waals surface area contributed by atoms with Crippen LogP contribution in [-0.2, 0) is 19.4 Å². The molecule has 0 aliphatic rings. The Morgan fingerprint density at radius 1 is 1.25 bits per heavy atom. The minimum atomic E-state index is -3.19. The first-order valence-electron chi connectivity index (χ1n) is 5.95. The van der Waals surface area contributed by atoms with Crippen LogP contribution < -0.4 is 5.32 Å². The second-order valence-electron chi connectivity index (χ2n) is 4.81. The first-order valence-corrected chi connectivity index (χ1v) is 8.01. The molecule has 0 aliphatic carbocycles. The van der Waals surface area contributed by atoms with Crippen molar-refractivity contribution in [2.75, 3.05) is 25.6 Å². The smallest absolute Gasteiger partial charge is 0.323 e. The number of carbonyl (C=O) groups is 3. The van der Waals surface area contributed by atoms with Crippen LogP contribution in [-0.4, -0.2) is 61.9 Å². The molecule has 0 saturated heterocycles. The van der Waals surface area contributed by atoms with Crippen LogP contribution >= 0.6 is 0 Å². The van der Waals surface area contributed by atoms with Crippen LogP contribution in [0.4, 0.5) is 4.79 Å². The number of imide groups is 1. The Hall–Kier alpha value is -1.64. The fraction of sp³-hybridized carbons (Fsp3) is 0.727. The number of aliphatic carboxylic acids is 1. The molecule has 2 N–H and O–H groups in total. The highest BCUT2D eigenvalue weighted by Gasteiger charge is 2.17. The molecule has 20 heavy (non-hydrogen) atoms. The first kappa shape index (κ1) is 18.4. The van der Waals surface area contributed by atoms with Gasteiger partial charge in [-0.1, -0.05) is 6.92 Å². The minimum Gasteiger partial charge on any atom is -0.481 e. The zero-order chi connectivity index (χ0) is 15.9. The van der Waals surface area contributed by atoms with Crippen molar-refractivity contribution in [1.29, 1.82) is 0 Å². The average Bonchev–Trinajstić information content (AvgIpc) is 2.22. The molecule has 0 saturated carbocycles. The molecule has 116 valence electrons. The van der Waals surface area contributed by atoms with Crippen molar-refractivity contribution in [2.45, 2.75) is 19.8 Å². The summed E-state index contributed by atoms with van der Waals surface area (Å²) in [6, 6.07) is -0.707. The van der Waals surface area contributed by atoms with E-state index in [0.717, 1.165) is 11.2 Å². The summed E-state index contributed by atoms with van der Waals surface area (Å²) in [4.78, 5) is 34.6. The Bertz CT molecular complexity index is 473. The fourth-order valence-electron chi connectivity index (χ4n) is 1.36. The third-order valence-corrected chi connectivity index (χ3v) is 3.37. The second-order valence-corrected chi connectivity index (χ2v) is 7.07. The van der Waals surface area contributed by atoms with Gasteiger partial charge in [0.15, 0.2) is 0 Å². The molecule has 0 bridgehead atoms. The summed E-state index contributed by atoms with van der Waals surface area (Å²) in [6.07, 6.45) is 0.807. The van der Waals surface area contributed by atoms with Crippen molar-refractivity contribution in [1.82, 2.24) is 10.2 Å². The Morgan fingerprint density at radius 3 is 2.25 bits per heavy atom. The number of amides is 3. The van der Waals surface area contributed by atoms with Crippen LogP contribution in [0.15, 0.2) is 0 Å². The maximum absolute atomic E-state index is 11.6. The van der Waals surface area contributed by atoms with E-state index < -0.39 is 27.7 Å². The zero-order valence-corrected chi connectivity index (χ0v) is 12.6. The standard InChI is InChI=1S/C11H20N2O6S/c1-8(7-10(15)16)6-9(14)12-11(17)13(2)4-5-20(3,18)19/h8H,4-7H2,1-3H3,(H,15,16)(H,12,14,17). The highest BCUT2D eigenvalue weighted by molar-refractivity contribution is 7.90. The summed E-state index contributed by atoms with van der Waals surface area (Å²) in [5, 5.41) is 10.6. The molecule has 0 radical (unpaired) electrons. The van der Waals surface area contributed by atoms with Gasteiger partial charge in [-0.05, 0) is 5.92 Å². The fourth-order valence-corrected chi connectivity index (χ4v) is 1.96. The molecular weight excluding hydrogens is 288 g/mol. The number of carboxylic acids is 1. The largest absolute Gasteiger partial charge is 0.481 e. The van der Waals surface area contributed by atoms with Gasteiger partial charge >= 0.3 is 12.0 Å². The van der Waals surface area contributed by atoms with Crippen LogP contribution in [0.25, 0.3) is 0 Å². The summed E-state index contributed by atoms with van der Waals surface area (Å²) in [6.45, 7) is 1.56. The van der Waals surface area contributed by atoms with Crippen molar-refractivity contribution in [3.63, 3.8) is 0 Å². The van der Waals surface area contributed by atoms with Gasteiger partial charge in [0.1, 0.15) is 9.84 Å². The van der Waals surface area contributed by atoms with Gasteiger partial charge < -0.3 is 10.0 Å². The van der Waals surface area contributed by atoms with E-state index in [0.29, 0.717) is 0 Å². The predicted molar refractivity (Wildman–Crippen MR) is 71.9 cm³/mol. The average molecular weight is 308 g/mol. The summed E-state index contributed by atoms with van der Waals surface area (Å²) in [5.41, 5.74) is 0. The molecule has 0 aromatic carbocycles. The monoisotopic (exact) mass is 308 g/mol. The van der Waals surface area contributed by atoms with Gasteiger partial charge in [-0.3, -0.25) is 14.9 Å². The Morgan fingerprint density at radius 2 is 1.80 bits per heavy atom. The Balaban J connectivity index is 4.18. The van der Waals surface area contributed by atoms with Crippen molar-refractivity contribution in [3.8, 4) is 0 Å². The number of urea groups is 1. The Kier molecular flexibility index (Phi) is 7.19. The van der Waals surface area contributed by atoms with Gasteiger partial charge in [-0.25, -0.2) is 13.2 Å². The quantitative estimate of drug-likeness (QED) is 0.666. The van der Waals surface area contributed by atoms with Gasteiger partial charge in [0.25, 0.3) is 0 Å². The number of rotatable bonds is 7. The normalized spacial score (nSPS) is 12.6. The summed E-state index contributed by atoms with van der Waals surface area (Å²) in [7, 11) is -1.82. The molecule has 1 atom stereocenters. The van der Waals surface area contributed by atoms with E-state index >= 15 is 0 Å². The molecule has 0 spiro atoms. The highest BCUT2D eigenvalue weighted by atomic mass is 32.2. The zero-order valence-electron chi connectivity index (χ0n) is 11.7. The van der Waals surface area contributed by atoms with Crippen LogP contribution in [0.5, 0.6) is 0 Å². The topological polar surface area (TPSA) is 121 Å². The summed E-state index contributed by atoms with van der Waals surface area (Å²) in [5.74, 6) is -2.18. The third kappa shape index (κ3) is 9.31. The van der Waals surface area contributed by atoms with Gasteiger partial charge in [0, 0.05) is 32.7 Å². The molecule has 3 amide bonds. The number of nitrogens with zero attached hydrogens (tertiary/aromatic N) is 1. The summed E-state index contributed by atoms with van der Waals surface area (Å²) >= 11 is 0. The van der Waals surface area contributed by atoms with E-state index in [1.807, 2.05) is 0 Å². The maximum atomic E-state index is 11.6. The Labute approximate surface area is 118 Å². The maximum Gasteiger partial charge on any atom is 0.323 e. The molecule has 0 fully saturated rings. The molecular formula is C11H20N2O6S. The lowest BCUT2D eigenvalue weighted by molar-refractivity contribution is -0.138. The number of carboxylic acid groups (broad SMARTS) is 1. The van der Waals surface area contributed by atoms with E-state index in [1.165, 1.54) is 7.05 Å². The molecule has 1 unspecified atom stereocenters. The second kappa shape index (κ2) is 7.83. The van der Waals surface area contributed by atoms with Gasteiger partial charge in [0.2, 0.25) is 5.91 Å². The van der Waals surface area contributed by atoms with Crippen LogP contribution in [0.1, 0.15) is 19.8 Å². The molecule has 8 nitrogen and oxygen atoms in total. The minimum absolute atomic E-state index is 0.0252. The molecule has 0 aromatic rings.